The minimum absolute atomic E-state index is 0.317. The van der Waals surface area contributed by atoms with Crippen LogP contribution in [0.25, 0.3) is 0 Å². The fourth-order valence-corrected chi connectivity index (χ4v) is 0.0671. The predicted molar refractivity (Wildman–Crippen MR) is 32.1 cm³/mol. The molecule has 0 bridgehead atoms. The molecule has 52 valence electrons. The first-order chi connectivity index (χ1) is 3.62. The molecule has 0 fully saturated rings. The molecule has 0 atom stereocenters. The van der Waals surface area contributed by atoms with E-state index in [0.29, 0.717) is 11.6 Å². The maximum atomic E-state index is 12.2. The van der Waals surface area contributed by atoms with E-state index in [9.17, 15) is 8.39 Å². The summed E-state index contributed by atoms with van der Waals surface area (Å²) < 4.78 is 24.4. The van der Waals surface area contributed by atoms with Crippen LogP contribution < -0.4 is 0 Å². The molecule has 0 rings (SSSR count). The van der Waals surface area contributed by atoms with Gasteiger partial charge in [-0.15, -0.1) is 0 Å². The van der Waals surface area contributed by atoms with Gasteiger partial charge in [0.2, 0.25) is 0 Å². The van der Waals surface area contributed by atoms with Gasteiger partial charge in [-0.2, -0.15) is 0 Å². The van der Waals surface area contributed by atoms with Crippen molar-refractivity contribution in [3.05, 3.63) is 0 Å². The van der Waals surface area contributed by atoms with E-state index >= 15 is 0 Å². The van der Waals surface area contributed by atoms with E-state index in [1.54, 1.807) is 0 Å². The average molecular weight is 192 g/mol. The molecule has 0 N–H and O–H groups in total. The summed E-state index contributed by atoms with van der Waals surface area (Å²) in [4.78, 5) is 0. The zero-order valence-corrected chi connectivity index (χ0v) is 6.26. The van der Waals surface area contributed by atoms with Crippen molar-refractivity contribution in [1.82, 2.24) is 0 Å². The summed E-state index contributed by atoms with van der Waals surface area (Å²) in [5.41, 5.74) is 0. The van der Waals surface area contributed by atoms with Gasteiger partial charge < -0.3 is 0 Å². The summed E-state index contributed by atoms with van der Waals surface area (Å²) >= 11 is 8.52. The third-order valence-corrected chi connectivity index (χ3v) is 2.11. The van der Waals surface area contributed by atoms with Crippen LogP contribution in [0.1, 0.15) is 0 Å². The summed E-state index contributed by atoms with van der Waals surface area (Å²) in [5.74, 6) is 0.633. The van der Waals surface area contributed by atoms with Gasteiger partial charge in [-0.1, -0.05) is 0 Å². The van der Waals surface area contributed by atoms with E-state index in [4.69, 9.17) is 10.5 Å². The third kappa shape index (κ3) is 2.77. The molecule has 0 aromatic heterocycles. The number of rotatable bonds is 0. The fourth-order valence-electron chi connectivity index (χ4n) is 0.0224. The second kappa shape index (κ2) is 1.30. The zero-order chi connectivity index (χ0) is 7.82. The standard InChI is InChI=1S/C2Cl2F2N2P/c3-9(4,5,6,1-7)2-8/q-1. The number of nitriles is 2. The summed E-state index contributed by atoms with van der Waals surface area (Å²) in [6.45, 7) is 0. The monoisotopic (exact) mass is 191 g/mol. The van der Waals surface area contributed by atoms with Gasteiger partial charge in [0.1, 0.15) is 0 Å². The summed E-state index contributed by atoms with van der Waals surface area (Å²) in [7, 11) is 0. The van der Waals surface area contributed by atoms with Crippen LogP contribution in [0, 0.1) is 22.1 Å². The van der Waals surface area contributed by atoms with E-state index < -0.39 is 5.27 Å². The van der Waals surface area contributed by atoms with E-state index in [2.05, 4.69) is 22.5 Å². The van der Waals surface area contributed by atoms with Crippen molar-refractivity contribution in [1.29, 1.82) is 10.5 Å². The van der Waals surface area contributed by atoms with Gasteiger partial charge in [0.25, 0.3) is 0 Å². The Morgan fingerprint density at radius 3 is 1.33 bits per heavy atom. The molecule has 0 saturated heterocycles. The summed E-state index contributed by atoms with van der Waals surface area (Å²) in [6.07, 6.45) is 0. The van der Waals surface area contributed by atoms with Crippen molar-refractivity contribution < 1.29 is 8.39 Å². The number of hydrogen-bond acceptors (Lipinski definition) is 2. The first kappa shape index (κ1) is 8.85. The Labute approximate surface area is 58.9 Å². The van der Waals surface area contributed by atoms with Gasteiger partial charge in [0, 0.05) is 0 Å². The summed E-state index contributed by atoms with van der Waals surface area (Å²) in [6, 6.07) is 0. The Morgan fingerprint density at radius 1 is 1.11 bits per heavy atom. The van der Waals surface area contributed by atoms with Crippen LogP contribution in [-0.4, -0.2) is 0 Å². The quantitative estimate of drug-likeness (QED) is 0.553. The molecular weight excluding hydrogens is 192 g/mol. The van der Waals surface area contributed by atoms with Crippen molar-refractivity contribution in [2.75, 3.05) is 0 Å². The maximum absolute atomic E-state index is 12.2. The second-order valence-electron chi connectivity index (χ2n) is 1.37. The molecule has 0 aliphatic rings. The Balaban J connectivity index is 5.30. The van der Waals surface area contributed by atoms with E-state index in [0.717, 1.165) is 0 Å². The molecule has 7 heteroatoms. The topological polar surface area (TPSA) is 47.6 Å². The molecule has 0 aliphatic heterocycles. The van der Waals surface area contributed by atoms with Gasteiger partial charge in [-0.05, 0) is 0 Å². The molecule has 0 saturated carbocycles. The van der Waals surface area contributed by atoms with Crippen molar-refractivity contribution in [2.24, 2.45) is 0 Å². The molecule has 0 aromatic rings. The van der Waals surface area contributed by atoms with Crippen LogP contribution in [-0.2, 0) is 0 Å². The fraction of sp³-hybridized carbons (Fsp3) is 0. The zero-order valence-electron chi connectivity index (χ0n) is 3.85. The molecule has 0 amide bonds. The van der Waals surface area contributed by atoms with Crippen molar-refractivity contribution in [3.8, 4) is 11.6 Å². The Kier molecular flexibility index (Phi) is 1.28. The number of hydrogen-bond donors (Lipinski definition) is 0. The molecule has 0 spiro atoms. The van der Waals surface area contributed by atoms with E-state index in [1.165, 1.54) is 0 Å². The van der Waals surface area contributed by atoms with Crippen LogP contribution in [0.2, 0.25) is 0 Å². The van der Waals surface area contributed by atoms with E-state index in [-0.39, 0.29) is 0 Å². The molecule has 2 nitrogen and oxygen atoms in total. The van der Waals surface area contributed by atoms with Crippen LogP contribution >= 0.6 is 27.8 Å². The third-order valence-electron chi connectivity index (χ3n) is 0.402. The van der Waals surface area contributed by atoms with E-state index in [1.807, 2.05) is 0 Å². The number of halogens is 4. The second-order valence-corrected chi connectivity index (χ2v) is 9.21. The van der Waals surface area contributed by atoms with Crippen LogP contribution in [0.5, 0.6) is 0 Å². The first-order valence-corrected chi connectivity index (χ1v) is 5.85. The van der Waals surface area contributed by atoms with Gasteiger partial charge in [0.15, 0.2) is 0 Å². The molecule has 0 aliphatic carbocycles. The Morgan fingerprint density at radius 2 is 1.33 bits per heavy atom. The number of nitrogens with zero attached hydrogens (tertiary/aromatic N) is 2. The van der Waals surface area contributed by atoms with Gasteiger partial charge in [-0.3, -0.25) is 0 Å². The molecule has 0 unspecified atom stereocenters. The van der Waals surface area contributed by atoms with Gasteiger partial charge >= 0.3 is 58.3 Å². The SMILES string of the molecule is N#C[P-](F)(F)(Cl)(Cl)C#N. The average Bonchev–Trinajstić information content (AvgIpc) is 1.67. The first-order valence-electron chi connectivity index (χ1n) is 1.57. The van der Waals surface area contributed by atoms with Gasteiger partial charge in [0.05, 0.1) is 0 Å². The van der Waals surface area contributed by atoms with Crippen LogP contribution in [0.4, 0.5) is 8.39 Å². The molecule has 0 aromatic carbocycles. The Bertz CT molecular complexity index is 207. The normalized spacial score (nSPS) is 18.4. The van der Waals surface area contributed by atoms with Crippen LogP contribution in [0.3, 0.4) is 0 Å². The van der Waals surface area contributed by atoms with Crippen molar-refractivity contribution in [2.45, 2.75) is 0 Å². The van der Waals surface area contributed by atoms with Crippen LogP contribution in [0.15, 0.2) is 0 Å². The molecular formula is C2Cl2F2N2P-. The van der Waals surface area contributed by atoms with Gasteiger partial charge in [-0.25, -0.2) is 0 Å². The molecule has 0 heterocycles. The minimum atomic E-state index is -7.18. The summed E-state index contributed by atoms with van der Waals surface area (Å²) in [5, 5.41) is 8.20. The molecule has 9 heavy (non-hydrogen) atoms. The predicted octanol–water partition coefficient (Wildman–Crippen LogP) is 3.11. The van der Waals surface area contributed by atoms with Crippen molar-refractivity contribution in [3.63, 3.8) is 0 Å². The van der Waals surface area contributed by atoms with Crippen molar-refractivity contribution >= 4 is 27.8 Å². The Hall–Kier alpha value is -0.150. The molecule has 0 radical (unpaired) electrons.